The molecule has 2 aromatic rings. The third-order valence-corrected chi connectivity index (χ3v) is 6.76. The number of carbonyl (C=O) groups is 2. The lowest BCUT2D eigenvalue weighted by molar-refractivity contribution is -0.128. The molecule has 35 heavy (non-hydrogen) atoms. The molecule has 2 rings (SSSR count). The number of hydrogen-bond donors (Lipinski definition) is 3. The minimum Gasteiger partial charge on any atom is -0.384 e. The largest absolute Gasteiger partial charge is 0.384 e. The van der Waals surface area contributed by atoms with Crippen LogP contribution in [0.15, 0.2) is 48.5 Å². The van der Waals surface area contributed by atoms with Crippen LogP contribution in [0.3, 0.4) is 0 Å². The Labute approximate surface area is 206 Å². The number of hydrogen-bond acceptors (Lipinski definition) is 5. The second kappa shape index (κ2) is 13.0. The van der Waals surface area contributed by atoms with E-state index in [2.05, 4.69) is 0 Å². The Morgan fingerprint density at radius 1 is 0.914 bits per heavy atom. The van der Waals surface area contributed by atoms with E-state index in [1.165, 1.54) is 0 Å². The number of aliphatic hydroxyl groups is 1. The first-order valence-electron chi connectivity index (χ1n) is 12.1. The minimum atomic E-state index is -1.24. The Morgan fingerprint density at radius 3 is 2.14 bits per heavy atom. The Hall–Kier alpha value is -2.48. The number of aliphatic hydroxyl groups excluding tert-OH is 1. The van der Waals surface area contributed by atoms with Gasteiger partial charge in [-0.05, 0) is 60.4 Å². The summed E-state index contributed by atoms with van der Waals surface area (Å²) in [6.07, 6.45) is 0.698. The average Bonchev–Trinajstić information content (AvgIpc) is 2.83. The molecular formula is C28H38F2N2O3. The summed E-state index contributed by atoms with van der Waals surface area (Å²) in [5.74, 6) is -1.97. The lowest BCUT2D eigenvalue weighted by Gasteiger charge is -2.27. The first-order valence-corrected chi connectivity index (χ1v) is 12.1. The van der Waals surface area contributed by atoms with E-state index < -0.39 is 35.7 Å². The fourth-order valence-electron chi connectivity index (χ4n) is 4.03. The third kappa shape index (κ3) is 9.24. The van der Waals surface area contributed by atoms with Gasteiger partial charge in [-0.1, -0.05) is 51.1 Å². The maximum Gasteiger partial charge on any atom is 0.162 e. The number of ketones is 2. The molecule has 5 nitrogen and oxygen atoms in total. The number of carbonyl (C=O) groups excluding carboxylic acids is 2. The summed E-state index contributed by atoms with van der Waals surface area (Å²) in [6.45, 7) is 5.64. The van der Waals surface area contributed by atoms with E-state index in [0.717, 1.165) is 23.8 Å². The summed E-state index contributed by atoms with van der Waals surface area (Å²) in [4.78, 5) is 25.2. The van der Waals surface area contributed by atoms with Gasteiger partial charge in [-0.25, -0.2) is 8.78 Å². The van der Waals surface area contributed by atoms with Gasteiger partial charge in [-0.2, -0.15) is 0 Å². The van der Waals surface area contributed by atoms with Crippen LogP contribution in [0.25, 0.3) is 0 Å². The van der Waals surface area contributed by atoms with Crippen molar-refractivity contribution in [1.82, 2.24) is 0 Å². The van der Waals surface area contributed by atoms with Crippen LogP contribution < -0.4 is 11.5 Å². The minimum absolute atomic E-state index is 0.0568. The van der Waals surface area contributed by atoms with Crippen LogP contribution in [-0.2, 0) is 22.4 Å². The Kier molecular flexibility index (Phi) is 10.7. The van der Waals surface area contributed by atoms with Crippen LogP contribution in [0, 0.1) is 23.0 Å². The van der Waals surface area contributed by atoms with E-state index in [1.54, 1.807) is 6.92 Å². The maximum atomic E-state index is 13.9. The van der Waals surface area contributed by atoms with Crippen molar-refractivity contribution in [2.24, 2.45) is 22.8 Å². The molecule has 0 amide bonds. The number of rotatable bonds is 14. The smallest absolute Gasteiger partial charge is 0.162 e. The van der Waals surface area contributed by atoms with Gasteiger partial charge in [0.25, 0.3) is 0 Å². The van der Waals surface area contributed by atoms with Gasteiger partial charge in [0.1, 0.15) is 23.5 Å². The molecule has 4 unspecified atom stereocenters. The Balaban J connectivity index is 1.80. The molecule has 7 heteroatoms. The fraction of sp³-hybridized carbons (Fsp3) is 0.500. The highest BCUT2D eigenvalue weighted by Crippen LogP contribution is 2.30. The first-order chi connectivity index (χ1) is 16.4. The second-order valence-corrected chi connectivity index (χ2v) is 10.3. The molecule has 0 saturated heterocycles. The molecule has 4 atom stereocenters. The summed E-state index contributed by atoms with van der Waals surface area (Å²) < 4.78 is 27.3. The topological polar surface area (TPSA) is 106 Å². The molecule has 0 aromatic heterocycles. The molecule has 0 spiro atoms. The monoisotopic (exact) mass is 488 g/mol. The summed E-state index contributed by atoms with van der Waals surface area (Å²) in [7, 11) is 0. The van der Waals surface area contributed by atoms with Gasteiger partial charge in [0.2, 0.25) is 0 Å². The standard InChI is InChI=1S/C28H38F2N2O3/c1-18(23(31)17-20-16-21(29)9-10-22(20)30)25(33)11-13-28(2,3)14-12-26(34)27(35)24(32)15-19-7-5-4-6-8-19/h4-10,16,18,23-24,27,35H,11-15,17,31-32H2,1-3H3. The van der Waals surface area contributed by atoms with Crippen molar-refractivity contribution in [2.45, 2.75) is 77.5 Å². The van der Waals surface area contributed by atoms with Gasteiger partial charge in [-0.15, -0.1) is 0 Å². The molecule has 0 aliphatic heterocycles. The van der Waals surface area contributed by atoms with Crippen LogP contribution in [0.2, 0.25) is 0 Å². The molecule has 5 N–H and O–H groups in total. The number of Topliss-reactive ketones (excluding diaryl/α,β-unsaturated/α-hetero) is 2. The fourth-order valence-corrected chi connectivity index (χ4v) is 4.03. The van der Waals surface area contributed by atoms with Crippen molar-refractivity contribution >= 4 is 11.6 Å². The third-order valence-electron chi connectivity index (χ3n) is 6.76. The molecule has 0 fully saturated rings. The van der Waals surface area contributed by atoms with E-state index in [9.17, 15) is 23.5 Å². The van der Waals surface area contributed by atoms with E-state index in [4.69, 9.17) is 11.5 Å². The molecule has 2 aromatic carbocycles. The van der Waals surface area contributed by atoms with Gasteiger partial charge in [0.15, 0.2) is 5.78 Å². The second-order valence-electron chi connectivity index (χ2n) is 10.3. The van der Waals surface area contributed by atoms with Crippen molar-refractivity contribution in [3.8, 4) is 0 Å². The van der Waals surface area contributed by atoms with Crippen LogP contribution in [-0.4, -0.2) is 34.9 Å². The Bertz CT molecular complexity index is 981. The summed E-state index contributed by atoms with van der Waals surface area (Å²) in [5.41, 5.74) is 13.0. The predicted molar refractivity (Wildman–Crippen MR) is 134 cm³/mol. The molecule has 0 radical (unpaired) electrons. The van der Waals surface area contributed by atoms with Gasteiger partial charge in [0, 0.05) is 30.8 Å². The SMILES string of the molecule is CC(C(=O)CCC(C)(C)CCC(=O)C(O)C(N)Cc1ccccc1)C(N)Cc1cc(F)ccc1F. The molecular weight excluding hydrogens is 450 g/mol. The molecule has 0 aliphatic carbocycles. The predicted octanol–water partition coefficient (Wildman–Crippen LogP) is 4.13. The zero-order chi connectivity index (χ0) is 26.2. The van der Waals surface area contributed by atoms with Crippen LogP contribution in [0.4, 0.5) is 8.78 Å². The van der Waals surface area contributed by atoms with Crippen molar-refractivity contribution < 1.29 is 23.5 Å². The number of halogens is 2. The van der Waals surface area contributed by atoms with Gasteiger partial charge in [0.05, 0.1) is 0 Å². The lowest BCUT2D eigenvalue weighted by atomic mass is 9.79. The van der Waals surface area contributed by atoms with Crippen molar-refractivity contribution in [3.63, 3.8) is 0 Å². The summed E-state index contributed by atoms with van der Waals surface area (Å²) >= 11 is 0. The number of benzene rings is 2. The highest BCUT2D eigenvalue weighted by Gasteiger charge is 2.28. The van der Waals surface area contributed by atoms with Gasteiger partial charge >= 0.3 is 0 Å². The van der Waals surface area contributed by atoms with Gasteiger partial charge < -0.3 is 16.6 Å². The van der Waals surface area contributed by atoms with Crippen molar-refractivity contribution in [2.75, 3.05) is 0 Å². The van der Waals surface area contributed by atoms with Crippen molar-refractivity contribution in [1.29, 1.82) is 0 Å². The van der Waals surface area contributed by atoms with E-state index >= 15 is 0 Å². The van der Waals surface area contributed by atoms with E-state index in [0.29, 0.717) is 19.3 Å². The van der Waals surface area contributed by atoms with Crippen LogP contribution in [0.5, 0.6) is 0 Å². The zero-order valence-electron chi connectivity index (χ0n) is 20.8. The first kappa shape index (κ1) is 28.8. The highest BCUT2D eigenvalue weighted by atomic mass is 19.1. The molecule has 0 saturated carbocycles. The van der Waals surface area contributed by atoms with Crippen LogP contribution in [0.1, 0.15) is 57.6 Å². The quantitative estimate of drug-likeness (QED) is 0.371. The maximum absolute atomic E-state index is 13.9. The molecule has 0 bridgehead atoms. The lowest BCUT2D eigenvalue weighted by Crippen LogP contribution is -2.42. The zero-order valence-corrected chi connectivity index (χ0v) is 20.8. The molecule has 0 aliphatic rings. The summed E-state index contributed by atoms with van der Waals surface area (Å²) in [5, 5.41) is 10.4. The highest BCUT2D eigenvalue weighted by molar-refractivity contribution is 5.83. The Morgan fingerprint density at radius 2 is 1.51 bits per heavy atom. The normalized spacial score (nSPS) is 15.3. The molecule has 0 heterocycles. The summed E-state index contributed by atoms with van der Waals surface area (Å²) in [6, 6.07) is 11.3. The van der Waals surface area contributed by atoms with E-state index in [-0.39, 0.29) is 41.8 Å². The molecule has 192 valence electrons. The van der Waals surface area contributed by atoms with Crippen LogP contribution >= 0.6 is 0 Å². The average molecular weight is 489 g/mol. The van der Waals surface area contributed by atoms with Gasteiger partial charge in [-0.3, -0.25) is 9.59 Å². The van der Waals surface area contributed by atoms with E-state index in [1.807, 2.05) is 44.2 Å². The van der Waals surface area contributed by atoms with Crippen molar-refractivity contribution in [3.05, 3.63) is 71.3 Å². The number of nitrogens with two attached hydrogens (primary N) is 2.